The number of aryl methyl sites for hydroxylation is 1. The third-order valence-electron chi connectivity index (χ3n) is 3.54. The van der Waals surface area contributed by atoms with Gasteiger partial charge in [-0.15, -0.1) is 0 Å². The van der Waals surface area contributed by atoms with Crippen molar-refractivity contribution in [2.24, 2.45) is 7.05 Å². The molecule has 0 saturated carbocycles. The number of carbonyl (C=O) groups excluding carboxylic acids is 1. The maximum atomic E-state index is 12.4. The van der Waals surface area contributed by atoms with Crippen LogP contribution >= 0.6 is 0 Å². The van der Waals surface area contributed by atoms with Gasteiger partial charge in [-0.3, -0.25) is 9.48 Å². The van der Waals surface area contributed by atoms with Gasteiger partial charge < -0.3 is 14.8 Å². The lowest BCUT2D eigenvalue weighted by atomic mass is 10.2. The van der Waals surface area contributed by atoms with Gasteiger partial charge in [0.15, 0.2) is 5.82 Å². The van der Waals surface area contributed by atoms with Crippen LogP contribution in [0, 0.1) is 0 Å². The lowest BCUT2D eigenvalue weighted by Gasteiger charge is -2.14. The number of nitrogens with zero attached hydrogens (tertiary/aromatic N) is 2. The topological polar surface area (TPSA) is 65.4 Å². The third kappa shape index (κ3) is 3.46. The number of anilines is 1. The number of rotatable bonds is 5. The van der Waals surface area contributed by atoms with Gasteiger partial charge in [-0.05, 0) is 25.0 Å². The van der Waals surface area contributed by atoms with Crippen molar-refractivity contribution in [3.8, 4) is 5.75 Å². The summed E-state index contributed by atoms with van der Waals surface area (Å²) in [5.74, 6) is 0.842. The molecule has 1 aliphatic heterocycles. The Morgan fingerprint density at radius 2 is 2.32 bits per heavy atom. The second-order valence-corrected chi connectivity index (χ2v) is 5.27. The maximum absolute atomic E-state index is 12.4. The Morgan fingerprint density at radius 3 is 3.05 bits per heavy atom. The van der Waals surface area contributed by atoms with Gasteiger partial charge in [-0.25, -0.2) is 0 Å². The standard InChI is InChI=1S/C16H19N3O3/c1-19-9-8-15(18-19)17-16(20)13-6-2-3-7-14(13)22-11-12-5-4-10-21-12/h2-3,6-9,12H,4-5,10-11H2,1H3,(H,17,18,20). The molecule has 1 N–H and O–H groups in total. The number of carbonyl (C=O) groups is 1. The molecule has 1 amide bonds. The molecule has 6 heteroatoms. The molecule has 3 rings (SSSR count). The van der Waals surface area contributed by atoms with Gasteiger partial charge in [0.05, 0.1) is 11.7 Å². The molecule has 1 unspecified atom stereocenters. The number of aromatic nitrogens is 2. The quantitative estimate of drug-likeness (QED) is 0.919. The summed E-state index contributed by atoms with van der Waals surface area (Å²) in [7, 11) is 1.80. The van der Waals surface area contributed by atoms with Crippen LogP contribution in [-0.2, 0) is 11.8 Å². The summed E-state index contributed by atoms with van der Waals surface area (Å²) in [6, 6.07) is 8.94. The fraction of sp³-hybridized carbons (Fsp3) is 0.375. The molecular formula is C16H19N3O3. The molecular weight excluding hydrogens is 282 g/mol. The van der Waals surface area contributed by atoms with E-state index in [1.807, 2.05) is 12.1 Å². The Bertz CT molecular complexity index is 648. The van der Waals surface area contributed by atoms with Crippen LogP contribution in [0.15, 0.2) is 36.5 Å². The van der Waals surface area contributed by atoms with Crippen LogP contribution in [0.1, 0.15) is 23.2 Å². The first-order valence-electron chi connectivity index (χ1n) is 7.37. The van der Waals surface area contributed by atoms with Crippen molar-refractivity contribution < 1.29 is 14.3 Å². The fourth-order valence-corrected chi connectivity index (χ4v) is 2.40. The molecule has 0 bridgehead atoms. The second-order valence-electron chi connectivity index (χ2n) is 5.27. The summed E-state index contributed by atoms with van der Waals surface area (Å²) in [5.41, 5.74) is 0.492. The molecule has 0 aliphatic carbocycles. The Balaban J connectivity index is 1.68. The average Bonchev–Trinajstić information content (AvgIpc) is 3.17. The Labute approximate surface area is 129 Å². The number of hydrogen-bond acceptors (Lipinski definition) is 4. The normalized spacial score (nSPS) is 17.4. The molecule has 0 spiro atoms. The molecule has 22 heavy (non-hydrogen) atoms. The molecule has 1 saturated heterocycles. The minimum absolute atomic E-state index is 0.118. The molecule has 1 fully saturated rings. The zero-order valence-electron chi connectivity index (χ0n) is 12.5. The summed E-state index contributed by atoms with van der Waals surface area (Å²) < 4.78 is 12.9. The smallest absolute Gasteiger partial charge is 0.260 e. The van der Waals surface area contributed by atoms with Gasteiger partial charge in [0.1, 0.15) is 12.4 Å². The summed E-state index contributed by atoms with van der Waals surface area (Å²) in [6.07, 6.45) is 3.96. The minimum Gasteiger partial charge on any atom is -0.490 e. The zero-order chi connectivity index (χ0) is 15.4. The highest BCUT2D eigenvalue weighted by atomic mass is 16.5. The number of hydrogen-bond donors (Lipinski definition) is 1. The highest BCUT2D eigenvalue weighted by molar-refractivity contribution is 6.05. The summed E-state index contributed by atoms with van der Waals surface area (Å²) >= 11 is 0. The van der Waals surface area contributed by atoms with Crippen molar-refractivity contribution in [3.05, 3.63) is 42.1 Å². The summed E-state index contributed by atoms with van der Waals surface area (Å²) in [6.45, 7) is 1.25. The first-order chi connectivity index (χ1) is 10.7. The van der Waals surface area contributed by atoms with Crippen LogP contribution < -0.4 is 10.1 Å². The van der Waals surface area contributed by atoms with Crippen LogP contribution in [0.3, 0.4) is 0 Å². The highest BCUT2D eigenvalue weighted by Crippen LogP contribution is 2.21. The van der Waals surface area contributed by atoms with Crippen molar-refractivity contribution in [1.82, 2.24) is 9.78 Å². The molecule has 0 radical (unpaired) electrons. The number of amides is 1. The number of benzene rings is 1. The van der Waals surface area contributed by atoms with E-state index < -0.39 is 0 Å². The average molecular weight is 301 g/mol. The maximum Gasteiger partial charge on any atom is 0.260 e. The van der Waals surface area contributed by atoms with Crippen LogP contribution in [-0.4, -0.2) is 35.0 Å². The predicted molar refractivity (Wildman–Crippen MR) is 82.1 cm³/mol. The molecule has 1 aromatic carbocycles. The van der Waals surface area contributed by atoms with E-state index in [1.54, 1.807) is 36.1 Å². The Kier molecular flexibility index (Phi) is 4.39. The van der Waals surface area contributed by atoms with Crippen molar-refractivity contribution >= 4 is 11.7 Å². The van der Waals surface area contributed by atoms with Crippen molar-refractivity contribution in [1.29, 1.82) is 0 Å². The van der Waals surface area contributed by atoms with E-state index >= 15 is 0 Å². The molecule has 1 aliphatic rings. The van der Waals surface area contributed by atoms with Crippen LogP contribution in [0.25, 0.3) is 0 Å². The lowest BCUT2D eigenvalue weighted by molar-refractivity contribution is 0.0673. The van der Waals surface area contributed by atoms with Gasteiger partial charge in [-0.2, -0.15) is 5.10 Å². The van der Waals surface area contributed by atoms with Crippen LogP contribution in [0.2, 0.25) is 0 Å². The van der Waals surface area contributed by atoms with Gasteiger partial charge in [0, 0.05) is 25.9 Å². The molecule has 2 heterocycles. The Hall–Kier alpha value is -2.34. The Morgan fingerprint density at radius 1 is 1.45 bits per heavy atom. The first kappa shape index (κ1) is 14.6. The number of ether oxygens (including phenoxy) is 2. The molecule has 2 aromatic rings. The molecule has 1 aromatic heterocycles. The van der Waals surface area contributed by atoms with E-state index in [0.717, 1.165) is 19.4 Å². The summed E-state index contributed by atoms with van der Waals surface area (Å²) in [4.78, 5) is 12.4. The van der Waals surface area contributed by atoms with Crippen molar-refractivity contribution in [2.75, 3.05) is 18.5 Å². The fourth-order valence-electron chi connectivity index (χ4n) is 2.40. The SMILES string of the molecule is Cn1ccc(NC(=O)c2ccccc2OCC2CCCO2)n1. The minimum atomic E-state index is -0.235. The molecule has 116 valence electrons. The van der Waals surface area contributed by atoms with E-state index in [1.165, 1.54) is 0 Å². The van der Waals surface area contributed by atoms with E-state index in [4.69, 9.17) is 9.47 Å². The van der Waals surface area contributed by atoms with Gasteiger partial charge in [-0.1, -0.05) is 12.1 Å². The predicted octanol–water partition coefficient (Wildman–Crippen LogP) is 2.23. The van der Waals surface area contributed by atoms with Crippen molar-refractivity contribution in [2.45, 2.75) is 18.9 Å². The van der Waals surface area contributed by atoms with Crippen LogP contribution in [0.5, 0.6) is 5.75 Å². The number of para-hydroxylation sites is 1. The summed E-state index contributed by atoms with van der Waals surface area (Å²) in [5, 5.41) is 6.90. The van der Waals surface area contributed by atoms with Gasteiger partial charge >= 0.3 is 0 Å². The highest BCUT2D eigenvalue weighted by Gasteiger charge is 2.18. The monoisotopic (exact) mass is 301 g/mol. The second kappa shape index (κ2) is 6.62. The molecule has 1 atom stereocenters. The van der Waals surface area contributed by atoms with Crippen LogP contribution in [0.4, 0.5) is 5.82 Å². The zero-order valence-corrected chi connectivity index (χ0v) is 12.5. The number of nitrogens with one attached hydrogen (secondary N) is 1. The van der Waals surface area contributed by atoms with E-state index in [-0.39, 0.29) is 12.0 Å². The largest absolute Gasteiger partial charge is 0.490 e. The van der Waals surface area contributed by atoms with Crippen molar-refractivity contribution in [3.63, 3.8) is 0 Å². The van der Waals surface area contributed by atoms with E-state index in [2.05, 4.69) is 10.4 Å². The van der Waals surface area contributed by atoms with E-state index in [9.17, 15) is 4.79 Å². The third-order valence-corrected chi connectivity index (χ3v) is 3.54. The lowest BCUT2D eigenvalue weighted by Crippen LogP contribution is -2.19. The molecule has 6 nitrogen and oxygen atoms in total. The van der Waals surface area contributed by atoms with Gasteiger partial charge in [0.25, 0.3) is 5.91 Å². The first-order valence-corrected chi connectivity index (χ1v) is 7.37. The van der Waals surface area contributed by atoms with Gasteiger partial charge in [0.2, 0.25) is 0 Å². The van der Waals surface area contributed by atoms with E-state index in [0.29, 0.717) is 23.7 Å².